The number of anilines is 1. The van der Waals surface area contributed by atoms with Gasteiger partial charge in [-0.1, -0.05) is 23.7 Å². The van der Waals surface area contributed by atoms with Gasteiger partial charge >= 0.3 is 5.97 Å². The van der Waals surface area contributed by atoms with Crippen LogP contribution in [0.2, 0.25) is 5.02 Å². The molecule has 1 aromatic heterocycles. The van der Waals surface area contributed by atoms with Crippen molar-refractivity contribution >= 4 is 29.2 Å². The highest BCUT2D eigenvalue weighted by Crippen LogP contribution is 2.45. The zero-order valence-corrected chi connectivity index (χ0v) is 19.2. The van der Waals surface area contributed by atoms with Crippen LogP contribution in [0.15, 0.2) is 48.8 Å². The number of rotatable bonds is 2. The maximum atomic E-state index is 14.6. The molecule has 0 N–H and O–H groups in total. The van der Waals surface area contributed by atoms with Gasteiger partial charge in [-0.2, -0.15) is 0 Å². The predicted molar refractivity (Wildman–Crippen MR) is 120 cm³/mol. The number of benzene rings is 2. The van der Waals surface area contributed by atoms with Crippen molar-refractivity contribution in [2.24, 2.45) is 0 Å². The van der Waals surface area contributed by atoms with Crippen LogP contribution in [0.1, 0.15) is 61.2 Å². The molecule has 0 atom stereocenters. The third kappa shape index (κ3) is 3.56. The van der Waals surface area contributed by atoms with Crippen molar-refractivity contribution in [3.05, 3.63) is 76.6 Å². The third-order valence-electron chi connectivity index (χ3n) is 5.24. The minimum atomic E-state index is -1.08. The Kier molecular flexibility index (Phi) is 5.12. The predicted octanol–water partition coefficient (Wildman–Crippen LogP) is 5.52. The SMILES string of the molecule is CC(C)(C)OC(=O)c1ncn2c1C(C)(C)N(C(=O)c1ccccc1F)c1cc(Cl)ccc1-2. The van der Waals surface area contributed by atoms with Crippen molar-refractivity contribution in [3.63, 3.8) is 0 Å². The summed E-state index contributed by atoms with van der Waals surface area (Å²) in [6.07, 6.45) is 1.52. The molecule has 1 aliphatic rings. The first-order chi connectivity index (χ1) is 14.9. The number of amides is 1. The summed E-state index contributed by atoms with van der Waals surface area (Å²) in [7, 11) is 0. The molecule has 2 aromatic carbocycles. The molecule has 1 aliphatic heterocycles. The van der Waals surface area contributed by atoms with E-state index < -0.39 is 28.8 Å². The summed E-state index contributed by atoms with van der Waals surface area (Å²) in [5.74, 6) is -1.79. The molecular formula is C24H23ClFN3O3. The fourth-order valence-electron chi connectivity index (χ4n) is 4.00. The van der Waals surface area contributed by atoms with Crippen LogP contribution in [0.4, 0.5) is 10.1 Å². The molecule has 0 radical (unpaired) electrons. The molecule has 0 saturated heterocycles. The van der Waals surface area contributed by atoms with Gasteiger partial charge in [0.15, 0.2) is 5.69 Å². The van der Waals surface area contributed by atoms with Crippen molar-refractivity contribution in [2.75, 3.05) is 4.90 Å². The van der Waals surface area contributed by atoms with Crippen LogP contribution in [0.25, 0.3) is 5.69 Å². The third-order valence-corrected chi connectivity index (χ3v) is 5.48. The first kappa shape index (κ1) is 22.0. The fourth-order valence-corrected chi connectivity index (χ4v) is 4.16. The molecule has 1 amide bonds. The lowest BCUT2D eigenvalue weighted by Crippen LogP contribution is -2.50. The first-order valence-electron chi connectivity index (χ1n) is 10.1. The minimum absolute atomic E-state index is 0.0849. The maximum Gasteiger partial charge on any atom is 0.359 e. The van der Waals surface area contributed by atoms with Gasteiger partial charge in [-0.3, -0.25) is 14.3 Å². The topological polar surface area (TPSA) is 64.4 Å². The Bertz CT molecular complexity index is 1240. The van der Waals surface area contributed by atoms with Gasteiger partial charge in [0.05, 0.1) is 28.2 Å². The van der Waals surface area contributed by atoms with Crippen LogP contribution in [0.5, 0.6) is 0 Å². The second-order valence-electron chi connectivity index (χ2n) is 9.13. The summed E-state index contributed by atoms with van der Waals surface area (Å²) < 4.78 is 21.9. The van der Waals surface area contributed by atoms with Crippen LogP contribution >= 0.6 is 11.6 Å². The monoisotopic (exact) mass is 455 g/mol. The number of fused-ring (bicyclic) bond motifs is 3. The van der Waals surface area contributed by atoms with Gasteiger partial charge in [-0.25, -0.2) is 14.2 Å². The number of imidazole rings is 1. The second kappa shape index (κ2) is 7.45. The molecule has 0 spiro atoms. The lowest BCUT2D eigenvalue weighted by Gasteiger charge is -2.44. The number of ether oxygens (including phenoxy) is 1. The molecule has 3 aromatic rings. The Morgan fingerprint density at radius 3 is 2.44 bits per heavy atom. The van der Waals surface area contributed by atoms with E-state index in [1.54, 1.807) is 63.5 Å². The van der Waals surface area contributed by atoms with E-state index in [2.05, 4.69) is 4.98 Å². The van der Waals surface area contributed by atoms with E-state index in [0.29, 0.717) is 22.1 Å². The molecule has 0 unspecified atom stereocenters. The van der Waals surface area contributed by atoms with Crippen molar-refractivity contribution in [1.29, 1.82) is 0 Å². The zero-order chi connectivity index (χ0) is 23.4. The number of hydrogen-bond acceptors (Lipinski definition) is 4. The molecule has 0 aliphatic carbocycles. The van der Waals surface area contributed by atoms with Gasteiger partial charge in [0.25, 0.3) is 5.91 Å². The highest BCUT2D eigenvalue weighted by Gasteiger charge is 2.46. The molecule has 0 saturated carbocycles. The summed E-state index contributed by atoms with van der Waals surface area (Å²) in [6, 6.07) is 10.8. The second-order valence-corrected chi connectivity index (χ2v) is 9.56. The van der Waals surface area contributed by atoms with Crippen molar-refractivity contribution < 1.29 is 18.7 Å². The lowest BCUT2D eigenvalue weighted by atomic mass is 9.90. The van der Waals surface area contributed by atoms with Crippen LogP contribution in [0.3, 0.4) is 0 Å². The summed E-state index contributed by atoms with van der Waals surface area (Å²) in [5.41, 5.74) is -0.256. The van der Waals surface area contributed by atoms with E-state index in [9.17, 15) is 14.0 Å². The molecular weight excluding hydrogens is 433 g/mol. The highest BCUT2D eigenvalue weighted by molar-refractivity contribution is 6.31. The Morgan fingerprint density at radius 2 is 1.78 bits per heavy atom. The van der Waals surface area contributed by atoms with Crippen molar-refractivity contribution in [3.8, 4) is 5.69 Å². The Balaban J connectivity index is 1.95. The van der Waals surface area contributed by atoms with Gasteiger partial charge in [-0.15, -0.1) is 0 Å². The molecule has 32 heavy (non-hydrogen) atoms. The van der Waals surface area contributed by atoms with E-state index in [4.69, 9.17) is 16.3 Å². The van der Waals surface area contributed by atoms with E-state index in [-0.39, 0.29) is 11.3 Å². The average molecular weight is 456 g/mol. The number of hydrogen-bond donors (Lipinski definition) is 0. The zero-order valence-electron chi connectivity index (χ0n) is 18.4. The van der Waals surface area contributed by atoms with Crippen molar-refractivity contribution in [2.45, 2.75) is 45.8 Å². The number of aromatic nitrogens is 2. The molecule has 4 rings (SSSR count). The molecule has 6 nitrogen and oxygen atoms in total. The molecule has 2 heterocycles. The smallest absolute Gasteiger partial charge is 0.359 e. The van der Waals surface area contributed by atoms with Crippen LogP contribution in [0, 0.1) is 5.82 Å². The number of carbonyl (C=O) groups excluding carboxylic acids is 2. The molecule has 0 bridgehead atoms. The van der Waals surface area contributed by atoms with Gasteiger partial charge < -0.3 is 4.74 Å². The van der Waals surface area contributed by atoms with E-state index in [1.807, 2.05) is 0 Å². The lowest BCUT2D eigenvalue weighted by molar-refractivity contribution is 0.00598. The molecule has 0 fully saturated rings. The number of esters is 1. The number of nitrogens with zero attached hydrogens (tertiary/aromatic N) is 3. The standard InChI is InChI=1S/C24H23ClFN3O3/c1-23(2,3)32-22(31)19-20-24(4,5)29(21(30)15-8-6-7-9-16(15)26)18-12-14(25)10-11-17(18)28(20)13-27-19/h6-13H,1-5H3. The normalized spacial score (nSPS) is 14.5. The van der Waals surface area contributed by atoms with Gasteiger partial charge in [-0.05, 0) is 65.0 Å². The van der Waals surface area contributed by atoms with E-state index in [0.717, 1.165) is 0 Å². The Morgan fingerprint density at radius 1 is 1.09 bits per heavy atom. The van der Waals surface area contributed by atoms with Gasteiger partial charge in [0.2, 0.25) is 0 Å². The van der Waals surface area contributed by atoms with Crippen LogP contribution in [-0.2, 0) is 10.3 Å². The summed E-state index contributed by atoms with van der Waals surface area (Å²) in [4.78, 5) is 32.4. The first-order valence-corrected chi connectivity index (χ1v) is 10.5. The Labute approximate surface area is 190 Å². The summed E-state index contributed by atoms with van der Waals surface area (Å²) >= 11 is 6.26. The average Bonchev–Trinajstić information content (AvgIpc) is 3.13. The van der Waals surface area contributed by atoms with Crippen LogP contribution in [-0.4, -0.2) is 27.0 Å². The molecule has 166 valence electrons. The van der Waals surface area contributed by atoms with Gasteiger partial charge in [0, 0.05) is 5.02 Å². The minimum Gasteiger partial charge on any atom is -0.455 e. The largest absolute Gasteiger partial charge is 0.455 e. The highest BCUT2D eigenvalue weighted by atomic mass is 35.5. The van der Waals surface area contributed by atoms with Crippen LogP contribution < -0.4 is 4.90 Å². The summed E-state index contributed by atoms with van der Waals surface area (Å²) in [6.45, 7) is 8.85. The van der Waals surface area contributed by atoms with Crippen molar-refractivity contribution in [1.82, 2.24) is 9.55 Å². The number of halogens is 2. The van der Waals surface area contributed by atoms with E-state index >= 15 is 0 Å². The van der Waals surface area contributed by atoms with Gasteiger partial charge in [0.1, 0.15) is 17.7 Å². The quantitative estimate of drug-likeness (QED) is 0.477. The fraction of sp³-hybridized carbons (Fsp3) is 0.292. The maximum absolute atomic E-state index is 14.6. The summed E-state index contributed by atoms with van der Waals surface area (Å²) in [5, 5.41) is 0.418. The Hall–Kier alpha value is -3.19. The number of carbonyl (C=O) groups is 2. The molecule has 8 heteroatoms. The van der Waals surface area contributed by atoms with E-state index in [1.165, 1.54) is 29.4 Å².